The van der Waals surface area contributed by atoms with Crippen molar-refractivity contribution >= 4 is 11.6 Å². The number of carbonyl (C=O) groups is 1. The summed E-state index contributed by atoms with van der Waals surface area (Å²) in [7, 11) is 1.53. The maximum Gasteiger partial charge on any atom is 0.408 e. The van der Waals surface area contributed by atoms with Crippen molar-refractivity contribution in [1.82, 2.24) is 15.1 Å². The molecule has 0 atom stereocenters. The Balaban J connectivity index is 2.03. The van der Waals surface area contributed by atoms with Crippen molar-refractivity contribution in [1.29, 1.82) is 0 Å². The lowest BCUT2D eigenvalue weighted by atomic mass is 9.78. The highest BCUT2D eigenvalue weighted by Crippen LogP contribution is 2.31. The maximum absolute atomic E-state index is 12.5. The number of anilines is 1. The number of piperidine rings is 1. The summed E-state index contributed by atoms with van der Waals surface area (Å²) in [5, 5.41) is 9.42. The van der Waals surface area contributed by atoms with Crippen molar-refractivity contribution in [2.45, 2.75) is 25.6 Å². The molecular weight excluding hydrogens is 301 g/mol. The van der Waals surface area contributed by atoms with E-state index in [-0.39, 0.29) is 18.2 Å². The Hall–Kier alpha value is -1.61. The zero-order valence-electron chi connectivity index (χ0n) is 12.2. The molecule has 22 heavy (non-hydrogen) atoms. The third-order valence-corrected chi connectivity index (χ3v) is 3.70. The second-order valence-corrected chi connectivity index (χ2v) is 5.46. The lowest BCUT2D eigenvalue weighted by Crippen LogP contribution is -2.47. The van der Waals surface area contributed by atoms with Gasteiger partial charge in [0, 0.05) is 13.3 Å². The second-order valence-electron chi connectivity index (χ2n) is 5.46. The number of alkyl halides is 3. The first-order valence-electron chi connectivity index (χ1n) is 6.95. The summed E-state index contributed by atoms with van der Waals surface area (Å²) in [5.74, 6) is -0.248. The Morgan fingerprint density at radius 3 is 2.77 bits per heavy atom. The van der Waals surface area contributed by atoms with Gasteiger partial charge in [-0.1, -0.05) is 0 Å². The highest BCUT2D eigenvalue weighted by molar-refractivity contribution is 5.95. The molecule has 2 heterocycles. The van der Waals surface area contributed by atoms with Crippen LogP contribution in [-0.2, 0) is 16.1 Å². The fraction of sp³-hybridized carbons (Fsp3) is 0.692. The molecule has 1 saturated heterocycles. The van der Waals surface area contributed by atoms with Gasteiger partial charge in [-0.2, -0.15) is 18.3 Å². The number of hydrogen-bond donors (Lipinski definition) is 2. The van der Waals surface area contributed by atoms with Gasteiger partial charge in [0.15, 0.2) is 0 Å². The molecule has 0 saturated carbocycles. The van der Waals surface area contributed by atoms with Crippen LogP contribution < -0.4 is 10.6 Å². The summed E-state index contributed by atoms with van der Waals surface area (Å²) in [4.78, 5) is 12.5. The molecule has 9 heteroatoms. The van der Waals surface area contributed by atoms with Crippen LogP contribution in [0.1, 0.15) is 12.8 Å². The van der Waals surface area contributed by atoms with Gasteiger partial charge in [-0.25, -0.2) is 0 Å². The van der Waals surface area contributed by atoms with Gasteiger partial charge in [-0.15, -0.1) is 0 Å². The van der Waals surface area contributed by atoms with Crippen molar-refractivity contribution < 1.29 is 22.7 Å². The average molecular weight is 320 g/mol. The lowest BCUT2D eigenvalue weighted by Gasteiger charge is -2.35. The smallest absolute Gasteiger partial charge is 0.384 e. The molecule has 0 unspecified atom stereocenters. The van der Waals surface area contributed by atoms with E-state index in [2.05, 4.69) is 15.7 Å². The highest BCUT2D eigenvalue weighted by atomic mass is 19.4. The van der Waals surface area contributed by atoms with E-state index in [9.17, 15) is 18.0 Å². The fourth-order valence-corrected chi connectivity index (χ4v) is 2.58. The van der Waals surface area contributed by atoms with E-state index in [4.69, 9.17) is 4.74 Å². The van der Waals surface area contributed by atoms with Crippen LogP contribution in [0.5, 0.6) is 0 Å². The number of carbonyl (C=O) groups excluding carboxylic acids is 1. The minimum absolute atomic E-state index is 0.248. The Bertz CT molecular complexity index is 504. The van der Waals surface area contributed by atoms with Crippen LogP contribution in [0, 0.1) is 5.41 Å². The summed E-state index contributed by atoms with van der Waals surface area (Å²) < 4.78 is 42.8. The summed E-state index contributed by atoms with van der Waals surface area (Å²) in [5.41, 5.74) is -0.408. The lowest BCUT2D eigenvalue weighted by molar-refractivity contribution is -0.142. The number of methoxy groups -OCH3 is 1. The quantitative estimate of drug-likeness (QED) is 0.860. The summed E-state index contributed by atoms with van der Waals surface area (Å²) in [6, 6.07) is 0. The highest BCUT2D eigenvalue weighted by Gasteiger charge is 2.39. The molecule has 2 rings (SSSR count). The van der Waals surface area contributed by atoms with Gasteiger partial charge < -0.3 is 15.4 Å². The first kappa shape index (κ1) is 16.8. The molecule has 1 amide bonds. The molecule has 2 N–H and O–H groups in total. The van der Waals surface area contributed by atoms with Crippen molar-refractivity contribution in [3.05, 3.63) is 12.4 Å². The minimum atomic E-state index is -4.35. The standard InChI is InChI=1S/C13H19F3N4O2/c1-22-9-12(2-4-17-5-3-12)11(21)19-10-6-18-20(7-10)8-13(14,15)16/h6-7,17H,2-5,8-9H2,1H3,(H,19,21). The Morgan fingerprint density at radius 1 is 1.50 bits per heavy atom. The van der Waals surface area contributed by atoms with Crippen LogP contribution in [-0.4, -0.2) is 48.7 Å². The largest absolute Gasteiger partial charge is 0.408 e. The topological polar surface area (TPSA) is 68.2 Å². The number of rotatable bonds is 5. The third kappa shape index (κ3) is 4.20. The Labute approximate surface area is 126 Å². The van der Waals surface area contributed by atoms with Gasteiger partial charge in [-0.3, -0.25) is 9.48 Å². The molecular formula is C13H19F3N4O2. The van der Waals surface area contributed by atoms with E-state index < -0.39 is 18.1 Å². The molecule has 0 spiro atoms. The number of aromatic nitrogens is 2. The normalized spacial score (nSPS) is 18.2. The maximum atomic E-state index is 12.5. The third-order valence-electron chi connectivity index (χ3n) is 3.70. The molecule has 0 bridgehead atoms. The molecule has 0 aromatic carbocycles. The van der Waals surface area contributed by atoms with Crippen LogP contribution in [0.4, 0.5) is 18.9 Å². The number of hydrogen-bond acceptors (Lipinski definition) is 4. The fourth-order valence-electron chi connectivity index (χ4n) is 2.58. The van der Waals surface area contributed by atoms with E-state index >= 15 is 0 Å². The molecule has 0 aliphatic carbocycles. The average Bonchev–Trinajstić information content (AvgIpc) is 2.85. The molecule has 124 valence electrons. The van der Waals surface area contributed by atoms with Crippen LogP contribution in [0.3, 0.4) is 0 Å². The molecule has 1 aliphatic heterocycles. The van der Waals surface area contributed by atoms with E-state index in [1.54, 1.807) is 0 Å². The van der Waals surface area contributed by atoms with Gasteiger partial charge in [0.05, 0.1) is 23.9 Å². The molecule has 0 radical (unpaired) electrons. The first-order valence-corrected chi connectivity index (χ1v) is 6.95. The number of nitrogens with zero attached hydrogens (tertiary/aromatic N) is 2. The van der Waals surface area contributed by atoms with Crippen LogP contribution >= 0.6 is 0 Å². The zero-order valence-corrected chi connectivity index (χ0v) is 12.2. The van der Waals surface area contributed by atoms with Crippen LogP contribution in [0.15, 0.2) is 12.4 Å². The Kier molecular flexibility index (Phi) is 5.07. The van der Waals surface area contributed by atoms with Crippen molar-refractivity contribution in [3.8, 4) is 0 Å². The number of ether oxygens (including phenoxy) is 1. The number of halogens is 3. The van der Waals surface area contributed by atoms with E-state index in [1.807, 2.05) is 0 Å². The van der Waals surface area contributed by atoms with E-state index in [0.29, 0.717) is 25.9 Å². The first-order chi connectivity index (χ1) is 10.3. The molecule has 1 aromatic rings. The Morgan fingerprint density at radius 2 is 2.18 bits per heavy atom. The van der Waals surface area contributed by atoms with Crippen molar-refractivity contribution in [2.24, 2.45) is 5.41 Å². The van der Waals surface area contributed by atoms with Crippen LogP contribution in [0.25, 0.3) is 0 Å². The molecule has 1 fully saturated rings. The van der Waals surface area contributed by atoms with Gasteiger partial charge >= 0.3 is 6.18 Å². The minimum Gasteiger partial charge on any atom is -0.384 e. The zero-order chi connectivity index (χ0) is 16.2. The van der Waals surface area contributed by atoms with Crippen molar-refractivity contribution in [2.75, 3.05) is 32.1 Å². The predicted molar refractivity (Wildman–Crippen MR) is 73.3 cm³/mol. The number of amides is 1. The molecule has 6 nitrogen and oxygen atoms in total. The van der Waals surface area contributed by atoms with Gasteiger partial charge in [0.1, 0.15) is 6.54 Å². The summed E-state index contributed by atoms with van der Waals surface area (Å²) >= 11 is 0. The van der Waals surface area contributed by atoms with E-state index in [1.165, 1.54) is 19.5 Å². The molecule has 1 aromatic heterocycles. The number of nitrogens with one attached hydrogen (secondary N) is 2. The SMILES string of the molecule is COCC1(C(=O)Nc2cnn(CC(F)(F)F)c2)CCNCC1. The second kappa shape index (κ2) is 6.66. The predicted octanol–water partition coefficient (Wildman–Crippen LogP) is 1.40. The van der Waals surface area contributed by atoms with Crippen molar-refractivity contribution in [3.63, 3.8) is 0 Å². The summed E-state index contributed by atoms with van der Waals surface area (Å²) in [6.45, 7) is 0.488. The summed E-state index contributed by atoms with van der Waals surface area (Å²) in [6.07, 6.45) is -0.732. The molecule has 1 aliphatic rings. The van der Waals surface area contributed by atoms with Crippen LogP contribution in [0.2, 0.25) is 0 Å². The van der Waals surface area contributed by atoms with E-state index in [0.717, 1.165) is 4.68 Å². The van der Waals surface area contributed by atoms with Gasteiger partial charge in [-0.05, 0) is 25.9 Å². The van der Waals surface area contributed by atoms with Gasteiger partial charge in [0.2, 0.25) is 5.91 Å². The van der Waals surface area contributed by atoms with Gasteiger partial charge in [0.25, 0.3) is 0 Å². The monoisotopic (exact) mass is 320 g/mol.